The molecule has 0 spiro atoms. The maximum absolute atomic E-state index is 11.4. The van der Waals surface area contributed by atoms with E-state index in [0.717, 1.165) is 27.5 Å². The first kappa shape index (κ1) is 13.6. The number of rotatable bonds is 2. The molecule has 0 radical (unpaired) electrons. The summed E-state index contributed by atoms with van der Waals surface area (Å²) in [7, 11) is 0. The second kappa shape index (κ2) is 4.90. The molecule has 2 aromatic rings. The van der Waals surface area contributed by atoms with Crippen molar-refractivity contribution in [2.45, 2.75) is 32.5 Å². The van der Waals surface area contributed by atoms with Crippen molar-refractivity contribution < 1.29 is 14.3 Å². The highest BCUT2D eigenvalue weighted by atomic mass is 79.9. The lowest BCUT2D eigenvalue weighted by Crippen LogP contribution is -2.39. The third-order valence-corrected chi connectivity index (χ3v) is 4.39. The lowest BCUT2D eigenvalue weighted by molar-refractivity contribution is -0.245. The number of ether oxygens (including phenoxy) is 2. The number of hydrogen-bond donors (Lipinski definition) is 1. The maximum atomic E-state index is 11.4. The Hall–Kier alpha value is -1.33. The second-order valence-corrected chi connectivity index (χ2v) is 5.79. The lowest BCUT2D eigenvalue weighted by atomic mass is 9.98. The van der Waals surface area contributed by atoms with Crippen molar-refractivity contribution in [3.8, 4) is 0 Å². The zero-order chi connectivity index (χ0) is 14.3. The highest BCUT2D eigenvalue weighted by Gasteiger charge is 2.42. The summed E-state index contributed by atoms with van der Waals surface area (Å²) in [5, 5.41) is 1.16. The molecule has 3 rings (SSSR count). The van der Waals surface area contributed by atoms with Gasteiger partial charge < -0.3 is 14.5 Å². The maximum Gasteiger partial charge on any atom is 0.305 e. The first-order valence-corrected chi connectivity index (χ1v) is 7.50. The molecule has 1 aliphatic heterocycles. The van der Waals surface area contributed by atoms with Gasteiger partial charge in [-0.2, -0.15) is 0 Å². The number of fused-ring (bicyclic) bond motifs is 3. The molecule has 1 aliphatic rings. The van der Waals surface area contributed by atoms with Crippen molar-refractivity contribution in [3.63, 3.8) is 0 Å². The molecule has 0 fully saturated rings. The van der Waals surface area contributed by atoms with E-state index in [0.29, 0.717) is 13.0 Å². The van der Waals surface area contributed by atoms with Crippen LogP contribution in [-0.2, 0) is 26.5 Å². The predicted octanol–water partition coefficient (Wildman–Crippen LogP) is 3.63. The van der Waals surface area contributed by atoms with Crippen LogP contribution in [0.1, 0.15) is 31.5 Å². The Balaban J connectivity index is 2.24. The molecule has 1 atom stereocenters. The number of hydrogen-bond acceptors (Lipinski definition) is 3. The van der Waals surface area contributed by atoms with Crippen molar-refractivity contribution in [1.29, 1.82) is 0 Å². The van der Waals surface area contributed by atoms with E-state index < -0.39 is 5.79 Å². The van der Waals surface area contributed by atoms with Gasteiger partial charge in [0.1, 0.15) is 0 Å². The standard InChI is InChI=1S/C15H16BrNO3/c1-3-15(20-9(2)18)14-11(7-8-19-15)10-5-4-6-12(16)13(10)17-14/h4-6,17H,3,7-8H2,1-2H3. The molecular weight excluding hydrogens is 322 g/mol. The minimum absolute atomic E-state index is 0.336. The number of nitrogens with one attached hydrogen (secondary N) is 1. The molecule has 2 heterocycles. The normalized spacial score (nSPS) is 21.8. The summed E-state index contributed by atoms with van der Waals surface area (Å²) in [6.07, 6.45) is 1.39. The van der Waals surface area contributed by atoms with Crippen molar-refractivity contribution in [2.24, 2.45) is 0 Å². The van der Waals surface area contributed by atoms with Crippen LogP contribution in [0.2, 0.25) is 0 Å². The molecule has 1 N–H and O–H groups in total. The van der Waals surface area contributed by atoms with E-state index >= 15 is 0 Å². The SMILES string of the molecule is CCC1(OC(C)=O)OCCc2c1[nH]c1c(Br)cccc21. The lowest BCUT2D eigenvalue weighted by Gasteiger charge is -2.35. The molecular formula is C15H16BrNO3. The van der Waals surface area contributed by atoms with Crippen molar-refractivity contribution in [2.75, 3.05) is 6.61 Å². The van der Waals surface area contributed by atoms with Crippen LogP contribution in [0.3, 0.4) is 0 Å². The van der Waals surface area contributed by atoms with Crippen LogP contribution in [-0.4, -0.2) is 17.6 Å². The molecule has 1 unspecified atom stereocenters. The molecule has 0 amide bonds. The zero-order valence-electron chi connectivity index (χ0n) is 11.5. The number of carbonyl (C=O) groups excluding carboxylic acids is 1. The Morgan fingerprint density at radius 1 is 1.55 bits per heavy atom. The molecule has 106 valence electrons. The van der Waals surface area contributed by atoms with Gasteiger partial charge in [0.2, 0.25) is 0 Å². The van der Waals surface area contributed by atoms with Crippen molar-refractivity contribution in [3.05, 3.63) is 33.9 Å². The summed E-state index contributed by atoms with van der Waals surface area (Å²) in [5.74, 6) is -1.32. The van der Waals surface area contributed by atoms with Gasteiger partial charge >= 0.3 is 5.97 Å². The minimum atomic E-state index is -0.988. The van der Waals surface area contributed by atoms with E-state index in [9.17, 15) is 4.79 Å². The zero-order valence-corrected chi connectivity index (χ0v) is 13.0. The topological polar surface area (TPSA) is 51.3 Å². The first-order chi connectivity index (χ1) is 9.57. The molecule has 4 nitrogen and oxygen atoms in total. The van der Waals surface area contributed by atoms with Crippen LogP contribution in [0.5, 0.6) is 0 Å². The molecule has 20 heavy (non-hydrogen) atoms. The summed E-state index contributed by atoms with van der Waals surface area (Å²) in [6.45, 7) is 3.92. The van der Waals surface area contributed by atoms with Crippen LogP contribution >= 0.6 is 15.9 Å². The van der Waals surface area contributed by atoms with Gasteiger partial charge in [-0.15, -0.1) is 0 Å². The number of benzene rings is 1. The van der Waals surface area contributed by atoms with E-state index in [4.69, 9.17) is 9.47 Å². The number of para-hydroxylation sites is 1. The quantitative estimate of drug-likeness (QED) is 0.851. The van der Waals surface area contributed by atoms with Crippen LogP contribution in [0.25, 0.3) is 10.9 Å². The van der Waals surface area contributed by atoms with Gasteiger partial charge in [-0.3, -0.25) is 4.79 Å². The number of esters is 1. The third kappa shape index (κ3) is 1.96. The van der Waals surface area contributed by atoms with Crippen molar-refractivity contribution >= 4 is 32.8 Å². The highest BCUT2D eigenvalue weighted by Crippen LogP contribution is 2.41. The smallest absolute Gasteiger partial charge is 0.305 e. The molecule has 0 bridgehead atoms. The summed E-state index contributed by atoms with van der Waals surface area (Å²) in [6, 6.07) is 6.08. The monoisotopic (exact) mass is 337 g/mol. The van der Waals surface area contributed by atoms with E-state index in [1.165, 1.54) is 12.5 Å². The van der Waals surface area contributed by atoms with Crippen LogP contribution in [0.4, 0.5) is 0 Å². The van der Waals surface area contributed by atoms with Gasteiger partial charge in [-0.05, 0) is 34.0 Å². The van der Waals surface area contributed by atoms with Crippen LogP contribution in [0, 0.1) is 0 Å². The molecule has 0 saturated carbocycles. The van der Waals surface area contributed by atoms with Gasteiger partial charge in [0.25, 0.3) is 5.79 Å². The minimum Gasteiger partial charge on any atom is -0.427 e. The van der Waals surface area contributed by atoms with Gasteiger partial charge in [0, 0.05) is 23.2 Å². The van der Waals surface area contributed by atoms with Gasteiger partial charge in [-0.1, -0.05) is 19.1 Å². The predicted molar refractivity (Wildman–Crippen MR) is 79.4 cm³/mol. The summed E-state index contributed by atoms with van der Waals surface area (Å²) in [5.41, 5.74) is 3.06. The Kier molecular flexibility index (Phi) is 3.34. The molecule has 0 aliphatic carbocycles. The Labute approximate surface area is 125 Å². The average molecular weight is 338 g/mol. The number of aromatic nitrogens is 1. The third-order valence-electron chi connectivity index (χ3n) is 3.73. The fraction of sp³-hybridized carbons (Fsp3) is 0.400. The molecule has 5 heteroatoms. The summed E-state index contributed by atoms with van der Waals surface area (Å²) >= 11 is 3.55. The molecule has 1 aromatic carbocycles. The van der Waals surface area contributed by atoms with E-state index in [2.05, 4.69) is 27.0 Å². The largest absolute Gasteiger partial charge is 0.427 e. The summed E-state index contributed by atoms with van der Waals surface area (Å²) in [4.78, 5) is 14.8. The number of carbonyl (C=O) groups is 1. The Morgan fingerprint density at radius 2 is 2.35 bits per heavy atom. The van der Waals surface area contributed by atoms with Crippen LogP contribution in [0.15, 0.2) is 22.7 Å². The van der Waals surface area contributed by atoms with Gasteiger partial charge in [-0.25, -0.2) is 0 Å². The average Bonchev–Trinajstić information content (AvgIpc) is 2.80. The van der Waals surface area contributed by atoms with E-state index in [1.54, 1.807) is 0 Å². The van der Waals surface area contributed by atoms with E-state index in [-0.39, 0.29) is 5.97 Å². The fourth-order valence-electron chi connectivity index (χ4n) is 2.88. The Morgan fingerprint density at radius 3 is 3.05 bits per heavy atom. The van der Waals surface area contributed by atoms with Crippen molar-refractivity contribution in [1.82, 2.24) is 4.98 Å². The van der Waals surface area contributed by atoms with E-state index in [1.807, 2.05) is 19.1 Å². The number of H-pyrrole nitrogens is 1. The second-order valence-electron chi connectivity index (χ2n) is 4.94. The van der Waals surface area contributed by atoms with Gasteiger partial charge in [0.05, 0.1) is 17.8 Å². The number of aromatic amines is 1. The highest BCUT2D eigenvalue weighted by molar-refractivity contribution is 9.10. The first-order valence-electron chi connectivity index (χ1n) is 6.70. The van der Waals surface area contributed by atoms with Crippen LogP contribution < -0.4 is 0 Å². The van der Waals surface area contributed by atoms with Gasteiger partial charge in [0.15, 0.2) is 0 Å². The number of halogens is 1. The Bertz CT molecular complexity index is 679. The fourth-order valence-corrected chi connectivity index (χ4v) is 3.34. The molecule has 1 aromatic heterocycles. The summed E-state index contributed by atoms with van der Waals surface area (Å²) < 4.78 is 12.3. The molecule has 0 saturated heterocycles.